The Hall–Kier alpha value is -1.31. The van der Waals surface area contributed by atoms with Crippen molar-refractivity contribution in [3.63, 3.8) is 0 Å². The van der Waals surface area contributed by atoms with Gasteiger partial charge in [-0.2, -0.15) is 4.80 Å². The zero-order valence-electron chi connectivity index (χ0n) is 10.3. The fraction of sp³-hybridized carbons (Fsp3) is 0.364. The van der Waals surface area contributed by atoms with Crippen molar-refractivity contribution >= 4 is 15.9 Å². The molecule has 0 bridgehead atoms. The van der Waals surface area contributed by atoms with E-state index in [9.17, 15) is 0 Å². The van der Waals surface area contributed by atoms with Crippen LogP contribution in [0.25, 0.3) is 0 Å². The van der Waals surface area contributed by atoms with Gasteiger partial charge in [-0.15, -0.1) is 10.2 Å². The van der Waals surface area contributed by atoms with E-state index >= 15 is 0 Å². The quantitative estimate of drug-likeness (QED) is 0.651. The number of hydrogen-bond donors (Lipinski definition) is 2. The average molecular weight is 311 g/mol. The summed E-state index contributed by atoms with van der Waals surface area (Å²) in [5.74, 6) is 6.29. The van der Waals surface area contributed by atoms with Crippen molar-refractivity contribution in [1.82, 2.24) is 25.6 Å². The van der Waals surface area contributed by atoms with Gasteiger partial charge in [-0.1, -0.05) is 33.6 Å². The SMILES string of the molecule is Cc1ccc(Br)c(C(Cc2nnn(C)n2)NN)c1. The number of halogens is 1. The Morgan fingerprint density at radius 2 is 2.28 bits per heavy atom. The number of aryl methyl sites for hydroxylation is 2. The Morgan fingerprint density at radius 3 is 2.89 bits per heavy atom. The molecule has 1 aromatic carbocycles. The molecule has 2 rings (SSSR count). The molecule has 0 aliphatic rings. The number of nitrogens with zero attached hydrogens (tertiary/aromatic N) is 4. The Labute approximate surface area is 114 Å². The lowest BCUT2D eigenvalue weighted by atomic mass is 10.0. The summed E-state index contributed by atoms with van der Waals surface area (Å²) in [5.41, 5.74) is 5.07. The molecular formula is C11H15BrN6. The maximum atomic E-state index is 5.62. The van der Waals surface area contributed by atoms with Crippen molar-refractivity contribution in [2.45, 2.75) is 19.4 Å². The van der Waals surface area contributed by atoms with Gasteiger partial charge >= 0.3 is 0 Å². The van der Waals surface area contributed by atoms with E-state index in [1.807, 2.05) is 19.1 Å². The molecule has 1 heterocycles. The smallest absolute Gasteiger partial charge is 0.176 e. The second kappa shape index (κ2) is 5.55. The van der Waals surface area contributed by atoms with Crippen LogP contribution in [-0.2, 0) is 13.5 Å². The van der Waals surface area contributed by atoms with Gasteiger partial charge in [-0.3, -0.25) is 11.3 Å². The topological polar surface area (TPSA) is 81.7 Å². The molecule has 1 atom stereocenters. The van der Waals surface area contributed by atoms with Gasteiger partial charge < -0.3 is 0 Å². The van der Waals surface area contributed by atoms with Crippen LogP contribution in [0, 0.1) is 6.92 Å². The van der Waals surface area contributed by atoms with Gasteiger partial charge in [0.2, 0.25) is 0 Å². The Morgan fingerprint density at radius 1 is 1.50 bits per heavy atom. The molecule has 0 fully saturated rings. The highest BCUT2D eigenvalue weighted by molar-refractivity contribution is 9.10. The summed E-state index contributed by atoms with van der Waals surface area (Å²) in [6.45, 7) is 2.05. The number of aromatic nitrogens is 4. The molecule has 96 valence electrons. The van der Waals surface area contributed by atoms with E-state index in [-0.39, 0.29) is 6.04 Å². The largest absolute Gasteiger partial charge is 0.271 e. The van der Waals surface area contributed by atoms with Crippen LogP contribution in [0.15, 0.2) is 22.7 Å². The first-order valence-corrected chi connectivity index (χ1v) is 6.34. The number of nitrogens with one attached hydrogen (secondary N) is 1. The zero-order valence-corrected chi connectivity index (χ0v) is 11.8. The van der Waals surface area contributed by atoms with Gasteiger partial charge in [0.05, 0.1) is 13.1 Å². The van der Waals surface area contributed by atoms with E-state index in [1.165, 1.54) is 10.4 Å². The second-order valence-electron chi connectivity index (χ2n) is 4.14. The highest BCUT2D eigenvalue weighted by atomic mass is 79.9. The highest BCUT2D eigenvalue weighted by Gasteiger charge is 2.16. The first-order chi connectivity index (χ1) is 8.60. The third kappa shape index (κ3) is 2.92. The Balaban J connectivity index is 2.25. The number of nitrogens with two attached hydrogens (primary N) is 1. The number of tetrazole rings is 1. The summed E-state index contributed by atoms with van der Waals surface area (Å²) >= 11 is 3.53. The third-order valence-electron chi connectivity index (χ3n) is 2.66. The van der Waals surface area contributed by atoms with Crippen molar-refractivity contribution in [2.75, 3.05) is 0 Å². The van der Waals surface area contributed by atoms with E-state index < -0.39 is 0 Å². The molecule has 0 aliphatic carbocycles. The van der Waals surface area contributed by atoms with Crippen LogP contribution < -0.4 is 11.3 Å². The van der Waals surface area contributed by atoms with Crippen molar-refractivity contribution < 1.29 is 0 Å². The molecule has 1 unspecified atom stereocenters. The van der Waals surface area contributed by atoms with Crippen LogP contribution in [0.1, 0.15) is 23.0 Å². The predicted octanol–water partition coefficient (Wildman–Crippen LogP) is 1.03. The van der Waals surface area contributed by atoms with Crippen LogP contribution >= 0.6 is 15.9 Å². The molecule has 0 amide bonds. The molecule has 18 heavy (non-hydrogen) atoms. The zero-order chi connectivity index (χ0) is 13.1. The maximum absolute atomic E-state index is 5.62. The number of benzene rings is 1. The van der Waals surface area contributed by atoms with Crippen LogP contribution in [0.5, 0.6) is 0 Å². The van der Waals surface area contributed by atoms with Crippen LogP contribution in [-0.4, -0.2) is 20.2 Å². The Kier molecular flexibility index (Phi) is 4.05. The molecule has 1 aromatic heterocycles. The van der Waals surface area contributed by atoms with Gasteiger partial charge in [-0.25, -0.2) is 0 Å². The number of rotatable bonds is 4. The lowest BCUT2D eigenvalue weighted by molar-refractivity contribution is 0.534. The molecule has 0 saturated heterocycles. The second-order valence-corrected chi connectivity index (χ2v) is 5.00. The monoisotopic (exact) mass is 310 g/mol. The summed E-state index contributed by atoms with van der Waals surface area (Å²) in [5, 5.41) is 11.9. The van der Waals surface area contributed by atoms with Gasteiger partial charge in [0, 0.05) is 10.9 Å². The minimum Gasteiger partial charge on any atom is -0.271 e. The summed E-state index contributed by atoms with van der Waals surface area (Å²) in [4.78, 5) is 1.44. The fourth-order valence-electron chi connectivity index (χ4n) is 1.78. The van der Waals surface area contributed by atoms with Crippen LogP contribution in [0.2, 0.25) is 0 Å². The van der Waals surface area contributed by atoms with Gasteiger partial charge in [-0.05, 0) is 23.8 Å². The van der Waals surface area contributed by atoms with Crippen LogP contribution in [0.3, 0.4) is 0 Å². The Bertz CT molecular complexity index is 538. The van der Waals surface area contributed by atoms with Crippen molar-refractivity contribution in [3.05, 3.63) is 39.6 Å². The molecule has 0 saturated carbocycles. The van der Waals surface area contributed by atoms with E-state index in [0.717, 1.165) is 10.0 Å². The molecule has 6 nitrogen and oxygen atoms in total. The summed E-state index contributed by atoms with van der Waals surface area (Å²) < 4.78 is 1.01. The summed E-state index contributed by atoms with van der Waals surface area (Å²) in [6, 6.07) is 6.09. The molecule has 0 radical (unpaired) electrons. The highest BCUT2D eigenvalue weighted by Crippen LogP contribution is 2.25. The van der Waals surface area contributed by atoms with E-state index in [1.54, 1.807) is 7.05 Å². The summed E-state index contributed by atoms with van der Waals surface area (Å²) in [7, 11) is 1.74. The van der Waals surface area contributed by atoms with Crippen molar-refractivity contribution in [3.8, 4) is 0 Å². The molecule has 0 aliphatic heterocycles. The van der Waals surface area contributed by atoms with Crippen LogP contribution in [0.4, 0.5) is 0 Å². The van der Waals surface area contributed by atoms with Gasteiger partial charge in [0.15, 0.2) is 5.82 Å². The summed E-state index contributed by atoms with van der Waals surface area (Å²) in [6.07, 6.45) is 0.590. The maximum Gasteiger partial charge on any atom is 0.176 e. The van der Waals surface area contributed by atoms with E-state index in [4.69, 9.17) is 5.84 Å². The third-order valence-corrected chi connectivity index (χ3v) is 3.39. The molecule has 7 heteroatoms. The van der Waals surface area contributed by atoms with E-state index in [0.29, 0.717) is 12.2 Å². The lowest BCUT2D eigenvalue weighted by Gasteiger charge is -2.16. The standard InChI is InChI=1S/C11H15BrN6/c1-7-3-4-9(12)8(5-7)10(14-13)6-11-15-17-18(2)16-11/h3-5,10,14H,6,13H2,1-2H3. The number of hydrazine groups is 1. The fourth-order valence-corrected chi connectivity index (χ4v) is 2.30. The minimum atomic E-state index is -0.0523. The van der Waals surface area contributed by atoms with Gasteiger partial charge in [0.1, 0.15) is 0 Å². The minimum absolute atomic E-state index is 0.0523. The van der Waals surface area contributed by atoms with Crippen molar-refractivity contribution in [1.29, 1.82) is 0 Å². The number of hydrogen-bond acceptors (Lipinski definition) is 5. The molecular weight excluding hydrogens is 296 g/mol. The first kappa shape index (κ1) is 13.1. The predicted molar refractivity (Wildman–Crippen MR) is 71.4 cm³/mol. The van der Waals surface area contributed by atoms with Crippen molar-refractivity contribution in [2.24, 2.45) is 12.9 Å². The lowest BCUT2D eigenvalue weighted by Crippen LogP contribution is -2.30. The first-order valence-electron chi connectivity index (χ1n) is 5.55. The van der Waals surface area contributed by atoms with Gasteiger partial charge in [0.25, 0.3) is 0 Å². The molecule has 0 spiro atoms. The average Bonchev–Trinajstić information content (AvgIpc) is 2.75. The normalized spacial score (nSPS) is 12.7. The van der Waals surface area contributed by atoms with E-state index in [2.05, 4.69) is 42.8 Å². The molecule has 2 aromatic rings. The molecule has 3 N–H and O–H groups in total.